The van der Waals surface area contributed by atoms with Crippen LogP contribution in [-0.2, 0) is 11.8 Å². The Morgan fingerprint density at radius 3 is 2.58 bits per heavy atom. The molecule has 0 spiro atoms. The van der Waals surface area contributed by atoms with Gasteiger partial charge in [-0.3, -0.25) is 14.4 Å². The number of amides is 1. The highest BCUT2D eigenvalue weighted by Crippen LogP contribution is 2.20. The summed E-state index contributed by atoms with van der Waals surface area (Å²) in [5, 5.41) is 10.5. The Morgan fingerprint density at radius 2 is 1.87 bits per heavy atom. The first-order valence-electron chi connectivity index (χ1n) is 10.4. The molecular formula is C22H28N8O. The van der Waals surface area contributed by atoms with Crippen molar-refractivity contribution < 1.29 is 4.79 Å². The quantitative estimate of drug-likeness (QED) is 0.632. The van der Waals surface area contributed by atoms with Gasteiger partial charge in [-0.2, -0.15) is 5.10 Å². The molecule has 1 amide bonds. The summed E-state index contributed by atoms with van der Waals surface area (Å²) in [4.78, 5) is 25.6. The molecule has 0 bridgehead atoms. The lowest BCUT2D eigenvalue weighted by molar-refractivity contribution is -0.117. The lowest BCUT2D eigenvalue weighted by Gasteiger charge is -2.35. The molecule has 0 saturated carbocycles. The predicted octanol–water partition coefficient (Wildman–Crippen LogP) is 2.33. The third-order valence-electron chi connectivity index (χ3n) is 5.28. The van der Waals surface area contributed by atoms with Crippen molar-refractivity contribution in [2.45, 2.75) is 13.8 Å². The van der Waals surface area contributed by atoms with Crippen LogP contribution < -0.4 is 15.5 Å². The average Bonchev–Trinajstić information content (AvgIpc) is 3.05. The maximum atomic E-state index is 12.4. The number of aromatic nitrogens is 4. The molecule has 162 valence electrons. The summed E-state index contributed by atoms with van der Waals surface area (Å²) in [5.41, 5.74) is 3.08. The van der Waals surface area contributed by atoms with Gasteiger partial charge in [-0.1, -0.05) is 12.1 Å². The summed E-state index contributed by atoms with van der Waals surface area (Å²) in [6.07, 6.45) is 1.59. The van der Waals surface area contributed by atoms with Crippen LogP contribution in [0.2, 0.25) is 0 Å². The first kappa shape index (κ1) is 20.8. The minimum absolute atomic E-state index is 0.0249. The lowest BCUT2D eigenvalue weighted by Crippen LogP contribution is -2.49. The van der Waals surface area contributed by atoms with Crippen LogP contribution >= 0.6 is 0 Å². The van der Waals surface area contributed by atoms with Crippen LogP contribution in [0.15, 0.2) is 42.7 Å². The molecule has 0 unspecified atom stereocenters. The van der Waals surface area contributed by atoms with Crippen LogP contribution in [-0.4, -0.2) is 63.3 Å². The van der Waals surface area contributed by atoms with E-state index in [1.165, 1.54) is 5.56 Å². The zero-order chi connectivity index (χ0) is 21.8. The van der Waals surface area contributed by atoms with Crippen molar-refractivity contribution >= 4 is 29.0 Å². The summed E-state index contributed by atoms with van der Waals surface area (Å²) in [6.45, 7) is 7.53. The molecule has 1 aliphatic rings. The molecule has 0 radical (unpaired) electrons. The highest BCUT2D eigenvalue weighted by Gasteiger charge is 2.21. The summed E-state index contributed by atoms with van der Waals surface area (Å²) in [5.74, 6) is 2.35. The molecule has 0 aliphatic carbocycles. The number of nitrogens with one attached hydrogen (secondary N) is 2. The number of nitrogens with zero attached hydrogens (tertiary/aromatic N) is 6. The lowest BCUT2D eigenvalue weighted by atomic mass is 10.2. The molecule has 0 atom stereocenters. The van der Waals surface area contributed by atoms with E-state index >= 15 is 0 Å². The third-order valence-corrected chi connectivity index (χ3v) is 5.28. The Morgan fingerprint density at radius 1 is 1.06 bits per heavy atom. The van der Waals surface area contributed by atoms with Crippen molar-refractivity contribution in [3.8, 4) is 0 Å². The van der Waals surface area contributed by atoms with Crippen LogP contribution in [0, 0.1) is 13.8 Å². The Kier molecular flexibility index (Phi) is 6.13. The molecule has 3 aromatic rings. The van der Waals surface area contributed by atoms with Gasteiger partial charge in [0.05, 0.1) is 12.2 Å². The summed E-state index contributed by atoms with van der Waals surface area (Å²) < 4.78 is 1.68. The van der Waals surface area contributed by atoms with E-state index in [4.69, 9.17) is 0 Å². The van der Waals surface area contributed by atoms with Crippen molar-refractivity contribution in [3.05, 3.63) is 54.0 Å². The van der Waals surface area contributed by atoms with Crippen LogP contribution in [0.5, 0.6) is 0 Å². The molecule has 3 heterocycles. The number of hydrogen-bond donors (Lipinski definition) is 2. The smallest absolute Gasteiger partial charge is 0.239 e. The van der Waals surface area contributed by atoms with E-state index in [9.17, 15) is 4.79 Å². The molecule has 2 N–H and O–H groups in total. The van der Waals surface area contributed by atoms with Crippen molar-refractivity contribution in [1.29, 1.82) is 0 Å². The van der Waals surface area contributed by atoms with Crippen LogP contribution in [0.4, 0.5) is 23.1 Å². The van der Waals surface area contributed by atoms with Crippen molar-refractivity contribution in [2.24, 2.45) is 7.05 Å². The molecule has 9 heteroatoms. The summed E-state index contributed by atoms with van der Waals surface area (Å²) >= 11 is 0. The van der Waals surface area contributed by atoms with E-state index in [2.05, 4.69) is 54.6 Å². The minimum atomic E-state index is -0.0249. The summed E-state index contributed by atoms with van der Waals surface area (Å²) in [7, 11) is 1.82. The Bertz CT molecular complexity index is 1060. The van der Waals surface area contributed by atoms with Crippen LogP contribution in [0.3, 0.4) is 0 Å². The molecule has 1 saturated heterocycles. The topological polar surface area (TPSA) is 91.2 Å². The number of carbonyl (C=O) groups excluding carboxylic acids is 1. The Balaban J connectivity index is 1.30. The van der Waals surface area contributed by atoms with Crippen molar-refractivity contribution in [1.82, 2.24) is 24.6 Å². The first-order chi connectivity index (χ1) is 15.0. The fraction of sp³-hybridized carbons (Fsp3) is 0.364. The van der Waals surface area contributed by atoms with Gasteiger partial charge in [-0.15, -0.1) is 0 Å². The zero-order valence-corrected chi connectivity index (χ0v) is 18.2. The third kappa shape index (κ3) is 5.37. The molecule has 9 nitrogen and oxygen atoms in total. The fourth-order valence-corrected chi connectivity index (χ4v) is 3.71. The van der Waals surface area contributed by atoms with Gasteiger partial charge in [0.1, 0.15) is 23.8 Å². The maximum absolute atomic E-state index is 12.4. The van der Waals surface area contributed by atoms with Gasteiger partial charge in [0.2, 0.25) is 5.91 Å². The number of hydrogen-bond acceptors (Lipinski definition) is 7. The number of rotatable bonds is 6. The number of aryl methyl sites for hydroxylation is 3. The molecule has 2 aromatic heterocycles. The molecular weight excluding hydrogens is 392 g/mol. The SMILES string of the molecule is Cc1cccc(Nc2cc(N3CCN(CC(=O)Nc4cc(C)nn4C)CC3)ncn2)c1. The molecule has 31 heavy (non-hydrogen) atoms. The van der Waals surface area contributed by atoms with E-state index in [0.717, 1.165) is 55.0 Å². The van der Waals surface area contributed by atoms with Gasteiger partial charge in [0.15, 0.2) is 0 Å². The predicted molar refractivity (Wildman–Crippen MR) is 122 cm³/mol. The molecule has 1 aromatic carbocycles. The zero-order valence-electron chi connectivity index (χ0n) is 18.2. The maximum Gasteiger partial charge on any atom is 0.239 e. The molecule has 1 fully saturated rings. The van der Waals surface area contributed by atoms with Gasteiger partial charge in [-0.25, -0.2) is 9.97 Å². The second-order valence-electron chi connectivity index (χ2n) is 7.86. The van der Waals surface area contributed by atoms with Crippen LogP contribution in [0.25, 0.3) is 0 Å². The van der Waals surface area contributed by atoms with Gasteiger partial charge in [-0.05, 0) is 31.5 Å². The standard InChI is InChI=1S/C22H28N8O/c1-16-5-4-6-18(11-16)25-19-13-20(24-15-23-19)30-9-7-29(8-10-30)14-22(31)26-21-12-17(2)27-28(21)3/h4-6,11-13,15H,7-10,14H2,1-3H3,(H,26,31)(H,23,24,25). The molecule has 4 rings (SSSR count). The second-order valence-corrected chi connectivity index (χ2v) is 7.86. The van der Waals surface area contributed by atoms with E-state index in [1.54, 1.807) is 11.0 Å². The van der Waals surface area contributed by atoms with Gasteiger partial charge in [0, 0.05) is 51.0 Å². The number of benzene rings is 1. The van der Waals surface area contributed by atoms with E-state index in [-0.39, 0.29) is 5.91 Å². The number of carbonyl (C=O) groups is 1. The van der Waals surface area contributed by atoms with E-state index < -0.39 is 0 Å². The highest BCUT2D eigenvalue weighted by atomic mass is 16.2. The van der Waals surface area contributed by atoms with Crippen molar-refractivity contribution in [3.63, 3.8) is 0 Å². The summed E-state index contributed by atoms with van der Waals surface area (Å²) in [6, 6.07) is 12.0. The van der Waals surface area contributed by atoms with Gasteiger partial charge < -0.3 is 15.5 Å². The second kappa shape index (κ2) is 9.13. The van der Waals surface area contributed by atoms with Crippen molar-refractivity contribution in [2.75, 3.05) is 48.3 Å². The van der Waals surface area contributed by atoms with Gasteiger partial charge >= 0.3 is 0 Å². The normalized spacial score (nSPS) is 14.5. The minimum Gasteiger partial charge on any atom is -0.354 e. The average molecular weight is 421 g/mol. The largest absolute Gasteiger partial charge is 0.354 e. The number of anilines is 4. The van der Waals surface area contributed by atoms with E-state index in [1.807, 2.05) is 38.2 Å². The Hall–Kier alpha value is -3.46. The highest BCUT2D eigenvalue weighted by molar-refractivity contribution is 5.91. The monoisotopic (exact) mass is 420 g/mol. The van der Waals surface area contributed by atoms with Gasteiger partial charge in [0.25, 0.3) is 0 Å². The Labute approximate surface area is 182 Å². The van der Waals surface area contributed by atoms with Crippen LogP contribution in [0.1, 0.15) is 11.3 Å². The fourth-order valence-electron chi connectivity index (χ4n) is 3.71. The van der Waals surface area contributed by atoms with E-state index in [0.29, 0.717) is 6.54 Å². The molecule has 1 aliphatic heterocycles. The first-order valence-corrected chi connectivity index (χ1v) is 10.4. The number of piperazine rings is 1.